The van der Waals surface area contributed by atoms with Gasteiger partial charge in [-0.15, -0.1) is 23.7 Å². The molecule has 2 heterocycles. The molecule has 3 rings (SSSR count). The van der Waals surface area contributed by atoms with Crippen molar-refractivity contribution >= 4 is 39.7 Å². The monoisotopic (exact) mass is 415 g/mol. The number of rotatable bonds is 6. The van der Waals surface area contributed by atoms with E-state index in [1.165, 1.54) is 23.5 Å². The van der Waals surface area contributed by atoms with Gasteiger partial charge in [-0.2, -0.15) is 0 Å². The van der Waals surface area contributed by atoms with Gasteiger partial charge in [0.05, 0.1) is 4.90 Å². The number of carbonyl (C=O) groups excluding carboxylic acids is 1. The second-order valence-corrected chi connectivity index (χ2v) is 8.73. The molecule has 3 N–H and O–H groups in total. The van der Waals surface area contributed by atoms with Crippen LogP contribution < -0.4 is 15.4 Å². The fourth-order valence-electron chi connectivity index (χ4n) is 2.68. The molecule has 0 saturated carbocycles. The molecule has 1 aromatic carbocycles. The van der Waals surface area contributed by atoms with Gasteiger partial charge in [-0.3, -0.25) is 4.79 Å². The number of halogens is 1. The summed E-state index contributed by atoms with van der Waals surface area (Å²) in [6, 6.07) is 9.96. The van der Waals surface area contributed by atoms with E-state index >= 15 is 0 Å². The molecule has 1 amide bonds. The third-order valence-electron chi connectivity index (χ3n) is 4.12. The van der Waals surface area contributed by atoms with Crippen molar-refractivity contribution in [3.05, 3.63) is 52.2 Å². The Morgan fingerprint density at radius 1 is 1.15 bits per heavy atom. The molecular weight excluding hydrogens is 394 g/mol. The Kier molecular flexibility index (Phi) is 7.60. The van der Waals surface area contributed by atoms with Crippen LogP contribution in [0.1, 0.15) is 28.1 Å². The maximum absolute atomic E-state index is 12.3. The average molecular weight is 416 g/mol. The predicted octanol–water partition coefficient (Wildman–Crippen LogP) is 2.13. The molecule has 0 atom stereocenters. The number of nitrogens with one attached hydrogen (secondary N) is 3. The number of piperidine rings is 1. The van der Waals surface area contributed by atoms with Gasteiger partial charge in [0.2, 0.25) is 10.0 Å². The van der Waals surface area contributed by atoms with E-state index in [9.17, 15) is 13.2 Å². The van der Waals surface area contributed by atoms with Crippen LogP contribution in [0.4, 0.5) is 0 Å². The van der Waals surface area contributed by atoms with Crippen molar-refractivity contribution in [1.29, 1.82) is 0 Å². The molecule has 6 nitrogen and oxygen atoms in total. The van der Waals surface area contributed by atoms with Crippen LogP contribution in [0.5, 0.6) is 0 Å². The van der Waals surface area contributed by atoms with Crippen LogP contribution in [-0.4, -0.2) is 33.5 Å². The summed E-state index contributed by atoms with van der Waals surface area (Å²) < 4.78 is 27.2. The molecule has 142 valence electrons. The lowest BCUT2D eigenvalue weighted by molar-refractivity contribution is 0.0929. The lowest BCUT2D eigenvalue weighted by Crippen LogP contribution is -2.42. The van der Waals surface area contributed by atoms with Crippen molar-refractivity contribution < 1.29 is 13.2 Å². The first-order valence-electron chi connectivity index (χ1n) is 8.18. The van der Waals surface area contributed by atoms with E-state index in [-0.39, 0.29) is 35.8 Å². The zero-order valence-electron chi connectivity index (χ0n) is 14.1. The summed E-state index contributed by atoms with van der Waals surface area (Å²) >= 11 is 1.50. The highest BCUT2D eigenvalue weighted by Gasteiger charge is 2.18. The van der Waals surface area contributed by atoms with Gasteiger partial charge in [-0.25, -0.2) is 13.1 Å². The molecule has 0 unspecified atom stereocenters. The molecule has 2 aromatic rings. The normalized spacial score (nSPS) is 15.2. The van der Waals surface area contributed by atoms with Gasteiger partial charge in [-0.1, -0.05) is 6.07 Å². The highest BCUT2D eigenvalue weighted by atomic mass is 35.5. The number of hydrogen-bond acceptors (Lipinski definition) is 5. The molecule has 0 radical (unpaired) electrons. The van der Waals surface area contributed by atoms with Crippen molar-refractivity contribution in [3.8, 4) is 0 Å². The van der Waals surface area contributed by atoms with E-state index in [0.717, 1.165) is 30.8 Å². The number of benzene rings is 1. The number of amides is 1. The van der Waals surface area contributed by atoms with Crippen LogP contribution in [0, 0.1) is 0 Å². The Morgan fingerprint density at radius 2 is 1.85 bits per heavy atom. The van der Waals surface area contributed by atoms with Crippen LogP contribution in [0.3, 0.4) is 0 Å². The molecule has 1 fully saturated rings. The maximum atomic E-state index is 12.3. The molecule has 0 bridgehead atoms. The van der Waals surface area contributed by atoms with Crippen LogP contribution in [-0.2, 0) is 16.6 Å². The van der Waals surface area contributed by atoms with E-state index < -0.39 is 10.0 Å². The van der Waals surface area contributed by atoms with Crippen molar-refractivity contribution in [2.75, 3.05) is 13.1 Å². The van der Waals surface area contributed by atoms with Crippen molar-refractivity contribution in [3.63, 3.8) is 0 Å². The van der Waals surface area contributed by atoms with Crippen molar-refractivity contribution in [1.82, 2.24) is 15.4 Å². The number of hydrogen-bond donors (Lipinski definition) is 3. The number of thiophene rings is 1. The van der Waals surface area contributed by atoms with E-state index in [2.05, 4.69) is 15.4 Å². The zero-order chi connectivity index (χ0) is 17.7. The summed E-state index contributed by atoms with van der Waals surface area (Å²) in [5.74, 6) is -0.164. The number of sulfonamides is 1. The van der Waals surface area contributed by atoms with Crippen LogP contribution in [0.25, 0.3) is 0 Å². The molecule has 0 aliphatic carbocycles. The molecular formula is C17H22ClN3O3S2. The quantitative estimate of drug-likeness (QED) is 0.674. The smallest absolute Gasteiger partial charge is 0.251 e. The van der Waals surface area contributed by atoms with Gasteiger partial charge in [0.15, 0.2) is 0 Å². The first-order chi connectivity index (χ1) is 12.0. The maximum Gasteiger partial charge on any atom is 0.251 e. The molecule has 1 saturated heterocycles. The summed E-state index contributed by atoms with van der Waals surface area (Å²) in [5, 5.41) is 8.15. The Morgan fingerprint density at radius 3 is 2.46 bits per heavy atom. The van der Waals surface area contributed by atoms with Crippen LogP contribution in [0.15, 0.2) is 46.7 Å². The first-order valence-corrected chi connectivity index (χ1v) is 10.5. The average Bonchev–Trinajstić information content (AvgIpc) is 3.15. The van der Waals surface area contributed by atoms with Crippen LogP contribution in [0.2, 0.25) is 0 Å². The van der Waals surface area contributed by atoms with Gasteiger partial charge < -0.3 is 10.6 Å². The minimum absolute atomic E-state index is 0. The summed E-state index contributed by atoms with van der Waals surface area (Å²) in [7, 11) is -3.59. The predicted molar refractivity (Wildman–Crippen MR) is 105 cm³/mol. The SMILES string of the molecule is Cl.O=C(NC1CCNCC1)c1ccc(S(=O)(=O)NCc2cccs2)cc1. The number of carbonyl (C=O) groups is 1. The highest BCUT2D eigenvalue weighted by molar-refractivity contribution is 7.89. The standard InChI is InChI=1S/C17H21N3O3S2.ClH/c21-17(20-14-7-9-18-10-8-14)13-3-5-16(6-4-13)25(22,23)19-12-15-2-1-11-24-15;/h1-6,11,14,18-19H,7-10,12H2,(H,20,21);1H. The second kappa shape index (κ2) is 9.48. The van der Waals surface area contributed by atoms with E-state index in [0.29, 0.717) is 5.56 Å². The fraction of sp³-hybridized carbons (Fsp3) is 0.353. The third-order valence-corrected chi connectivity index (χ3v) is 6.41. The van der Waals surface area contributed by atoms with Gasteiger partial charge in [-0.05, 0) is 61.6 Å². The molecule has 1 aromatic heterocycles. The Labute approximate surface area is 163 Å². The summed E-state index contributed by atoms with van der Waals surface area (Å²) in [6.45, 7) is 2.06. The lowest BCUT2D eigenvalue weighted by Gasteiger charge is -2.23. The van der Waals surface area contributed by atoms with E-state index in [1.54, 1.807) is 12.1 Å². The van der Waals surface area contributed by atoms with Crippen molar-refractivity contribution in [2.45, 2.75) is 30.3 Å². The minimum Gasteiger partial charge on any atom is -0.349 e. The third kappa shape index (κ3) is 5.52. The topological polar surface area (TPSA) is 87.3 Å². The molecule has 9 heteroatoms. The Bertz CT molecular complexity index is 802. The Hall–Kier alpha value is -1.45. The minimum atomic E-state index is -3.59. The van der Waals surface area contributed by atoms with Gasteiger partial charge in [0.1, 0.15) is 0 Å². The van der Waals surface area contributed by atoms with E-state index in [4.69, 9.17) is 0 Å². The molecule has 1 aliphatic rings. The Balaban J connectivity index is 0.00000243. The summed E-state index contributed by atoms with van der Waals surface area (Å²) in [6.07, 6.45) is 1.82. The van der Waals surface area contributed by atoms with Gasteiger partial charge >= 0.3 is 0 Å². The summed E-state index contributed by atoms with van der Waals surface area (Å²) in [5.41, 5.74) is 0.468. The fourth-order valence-corrected chi connectivity index (χ4v) is 4.43. The summed E-state index contributed by atoms with van der Waals surface area (Å²) in [4.78, 5) is 13.4. The molecule has 0 spiro atoms. The van der Waals surface area contributed by atoms with Crippen LogP contribution >= 0.6 is 23.7 Å². The second-order valence-electron chi connectivity index (χ2n) is 5.93. The van der Waals surface area contributed by atoms with Crippen molar-refractivity contribution in [2.24, 2.45) is 0 Å². The molecule has 26 heavy (non-hydrogen) atoms. The molecule has 1 aliphatic heterocycles. The first kappa shape index (κ1) is 20.9. The van der Waals surface area contributed by atoms with E-state index in [1.807, 2.05) is 17.5 Å². The lowest BCUT2D eigenvalue weighted by atomic mass is 10.1. The van der Waals surface area contributed by atoms with Gasteiger partial charge in [0.25, 0.3) is 5.91 Å². The largest absolute Gasteiger partial charge is 0.349 e. The zero-order valence-corrected chi connectivity index (χ0v) is 16.6. The highest BCUT2D eigenvalue weighted by Crippen LogP contribution is 2.14. The van der Waals surface area contributed by atoms with Gasteiger partial charge in [0, 0.05) is 23.0 Å².